The Morgan fingerprint density at radius 3 is 2.05 bits per heavy atom. The number of halogens is 1. The molecule has 3 heterocycles. The molecule has 0 aliphatic carbocycles. The molecule has 2 aromatic carbocycles. The van der Waals surface area contributed by atoms with Crippen LogP contribution >= 0.6 is 11.6 Å². The maximum atomic E-state index is 13.3. The van der Waals surface area contributed by atoms with E-state index in [4.69, 9.17) is 11.6 Å². The lowest BCUT2D eigenvalue weighted by Gasteiger charge is -2.50. The molecule has 3 aromatic rings. The van der Waals surface area contributed by atoms with Crippen LogP contribution < -0.4 is 4.90 Å². The van der Waals surface area contributed by atoms with Crippen molar-refractivity contribution in [2.45, 2.75) is 58.0 Å². The molecule has 0 bridgehead atoms. The highest BCUT2D eigenvalue weighted by Gasteiger charge is 2.40. The number of carbonyl (C=O) groups excluding carboxylic acids is 1. The third kappa shape index (κ3) is 5.36. The number of piperidine rings is 2. The molecule has 7 heteroatoms. The van der Waals surface area contributed by atoms with Crippen molar-refractivity contribution in [3.63, 3.8) is 0 Å². The molecule has 0 unspecified atom stereocenters. The third-order valence-electron chi connectivity index (χ3n) is 8.30. The number of likely N-dealkylation sites (tertiary alicyclic amines) is 2. The Kier molecular flexibility index (Phi) is 7.50. The molecule has 2 fully saturated rings. The Balaban J connectivity index is 1.24. The summed E-state index contributed by atoms with van der Waals surface area (Å²) in [6.45, 7) is 9.80. The van der Waals surface area contributed by atoms with Gasteiger partial charge in [0.05, 0.1) is 17.0 Å². The van der Waals surface area contributed by atoms with E-state index in [0.717, 1.165) is 68.3 Å². The molecule has 2 aliphatic heterocycles. The molecule has 37 heavy (non-hydrogen) atoms. The highest BCUT2D eigenvalue weighted by atomic mass is 35.5. The quantitative estimate of drug-likeness (QED) is 0.412. The Labute approximate surface area is 225 Å². The van der Waals surface area contributed by atoms with Gasteiger partial charge in [0.1, 0.15) is 6.33 Å². The number of hydrogen-bond acceptors (Lipinski definition) is 5. The van der Waals surface area contributed by atoms with E-state index in [-0.39, 0.29) is 11.4 Å². The predicted molar refractivity (Wildman–Crippen MR) is 150 cm³/mol. The van der Waals surface area contributed by atoms with Crippen molar-refractivity contribution in [1.29, 1.82) is 0 Å². The van der Waals surface area contributed by atoms with Crippen molar-refractivity contribution < 1.29 is 4.79 Å². The maximum Gasteiger partial charge on any atom is 0.257 e. The van der Waals surface area contributed by atoms with E-state index in [1.807, 2.05) is 30.9 Å². The van der Waals surface area contributed by atoms with Gasteiger partial charge >= 0.3 is 0 Å². The number of anilines is 2. The fourth-order valence-corrected chi connectivity index (χ4v) is 6.12. The van der Waals surface area contributed by atoms with Crippen LogP contribution in [-0.2, 0) is 0 Å². The summed E-state index contributed by atoms with van der Waals surface area (Å²) >= 11 is 6.19. The lowest BCUT2D eigenvalue weighted by molar-refractivity contribution is 0.0176. The van der Waals surface area contributed by atoms with Gasteiger partial charge in [-0.15, -0.1) is 0 Å². The Hall–Kier alpha value is -2.96. The van der Waals surface area contributed by atoms with Crippen LogP contribution in [0.2, 0.25) is 5.02 Å². The molecule has 0 N–H and O–H groups in total. The van der Waals surface area contributed by atoms with Gasteiger partial charge in [-0.05, 0) is 82.9 Å². The van der Waals surface area contributed by atoms with Crippen molar-refractivity contribution in [2.24, 2.45) is 0 Å². The lowest BCUT2D eigenvalue weighted by Crippen LogP contribution is -2.58. The van der Waals surface area contributed by atoms with Crippen molar-refractivity contribution in [3.05, 3.63) is 82.9 Å². The highest BCUT2D eigenvalue weighted by Crippen LogP contribution is 2.36. The summed E-state index contributed by atoms with van der Waals surface area (Å²) in [7, 11) is 0. The first-order valence-corrected chi connectivity index (χ1v) is 13.7. The van der Waals surface area contributed by atoms with Crippen LogP contribution in [0, 0.1) is 13.8 Å². The first kappa shape index (κ1) is 25.7. The van der Waals surface area contributed by atoms with Crippen LogP contribution in [0.5, 0.6) is 0 Å². The first-order chi connectivity index (χ1) is 17.9. The second-order valence-corrected chi connectivity index (χ2v) is 11.0. The number of aromatic nitrogens is 2. The summed E-state index contributed by atoms with van der Waals surface area (Å²) in [6, 6.07) is 19.3. The minimum absolute atomic E-state index is 0.0674. The number of nitrogens with zero attached hydrogens (tertiary/aromatic N) is 5. The summed E-state index contributed by atoms with van der Waals surface area (Å²) in [6.07, 6.45) is 5.68. The van der Waals surface area contributed by atoms with Gasteiger partial charge in [-0.3, -0.25) is 9.69 Å². The second-order valence-electron chi connectivity index (χ2n) is 10.6. The van der Waals surface area contributed by atoms with Gasteiger partial charge in [-0.2, -0.15) is 0 Å². The number of rotatable bonds is 5. The molecular formula is C30H36ClN5O. The van der Waals surface area contributed by atoms with Gasteiger partial charge in [-0.1, -0.05) is 29.8 Å². The van der Waals surface area contributed by atoms with Crippen LogP contribution in [0.1, 0.15) is 54.4 Å². The van der Waals surface area contributed by atoms with Crippen molar-refractivity contribution in [2.75, 3.05) is 31.1 Å². The van der Waals surface area contributed by atoms with Crippen molar-refractivity contribution in [3.8, 4) is 0 Å². The van der Waals surface area contributed by atoms with Crippen molar-refractivity contribution in [1.82, 2.24) is 19.8 Å². The van der Waals surface area contributed by atoms with Crippen LogP contribution in [0.25, 0.3) is 0 Å². The number of hydrogen-bond donors (Lipinski definition) is 0. The smallest absolute Gasteiger partial charge is 0.257 e. The summed E-state index contributed by atoms with van der Waals surface area (Å²) in [5.74, 6) is 0.0674. The third-order valence-corrected chi connectivity index (χ3v) is 8.55. The topological polar surface area (TPSA) is 52.6 Å². The summed E-state index contributed by atoms with van der Waals surface area (Å²) < 4.78 is 0. The SMILES string of the molecule is Cc1ncnc(C)c1C(=O)N1CCC(C)(N2CCC(N(c3ccccc3)c3ccc(Cl)cc3)CC2)CC1. The van der Waals surface area contributed by atoms with E-state index in [1.54, 1.807) is 0 Å². The molecular weight excluding hydrogens is 482 g/mol. The van der Waals surface area contributed by atoms with Crippen LogP contribution in [0.15, 0.2) is 60.9 Å². The number of benzene rings is 2. The second kappa shape index (κ2) is 10.8. The van der Waals surface area contributed by atoms with Crippen molar-refractivity contribution >= 4 is 28.9 Å². The van der Waals surface area contributed by atoms with E-state index < -0.39 is 0 Å². The minimum atomic E-state index is 0.0674. The highest BCUT2D eigenvalue weighted by molar-refractivity contribution is 6.30. The molecule has 0 atom stereocenters. The van der Waals surface area contributed by atoms with Gasteiger partial charge in [0, 0.05) is 54.2 Å². The Morgan fingerprint density at radius 2 is 1.46 bits per heavy atom. The van der Waals surface area contributed by atoms with Gasteiger partial charge in [0.25, 0.3) is 5.91 Å². The summed E-state index contributed by atoms with van der Waals surface area (Å²) in [5.41, 5.74) is 4.69. The zero-order valence-electron chi connectivity index (χ0n) is 22.0. The van der Waals surface area contributed by atoms with Gasteiger partial charge in [0.2, 0.25) is 0 Å². The zero-order chi connectivity index (χ0) is 26.0. The van der Waals surface area contributed by atoms with E-state index in [0.29, 0.717) is 11.6 Å². The number of para-hydroxylation sites is 1. The molecule has 0 saturated carbocycles. The number of carbonyl (C=O) groups is 1. The summed E-state index contributed by atoms with van der Waals surface area (Å²) in [5, 5.41) is 0.759. The average Bonchev–Trinajstić information content (AvgIpc) is 2.91. The Bertz CT molecular complexity index is 1200. The molecule has 1 aromatic heterocycles. The summed E-state index contributed by atoms with van der Waals surface area (Å²) in [4.78, 5) is 28.9. The fourth-order valence-electron chi connectivity index (χ4n) is 5.99. The average molecular weight is 518 g/mol. The Morgan fingerprint density at radius 1 is 0.892 bits per heavy atom. The molecule has 0 spiro atoms. The molecule has 194 valence electrons. The van der Waals surface area contributed by atoms with Crippen LogP contribution in [0.3, 0.4) is 0 Å². The first-order valence-electron chi connectivity index (χ1n) is 13.3. The number of amides is 1. The van der Waals surface area contributed by atoms with E-state index in [9.17, 15) is 4.79 Å². The van der Waals surface area contributed by atoms with E-state index in [2.05, 4.69) is 69.2 Å². The van der Waals surface area contributed by atoms with E-state index in [1.165, 1.54) is 17.7 Å². The van der Waals surface area contributed by atoms with Crippen LogP contribution in [-0.4, -0.2) is 63.4 Å². The molecule has 0 radical (unpaired) electrons. The standard InChI is InChI=1S/C30H36ClN5O/c1-22-28(23(2)33-21-32-22)29(37)34-19-15-30(3,16-20-34)35-17-13-27(14-18-35)36(25-7-5-4-6-8-25)26-11-9-24(31)10-12-26/h4-12,21,27H,13-20H2,1-3H3. The molecule has 2 saturated heterocycles. The largest absolute Gasteiger partial charge is 0.338 e. The predicted octanol–water partition coefficient (Wildman–Crippen LogP) is 6.04. The molecule has 5 rings (SSSR count). The fraction of sp³-hybridized carbons (Fsp3) is 0.433. The monoisotopic (exact) mass is 517 g/mol. The van der Waals surface area contributed by atoms with Crippen LogP contribution in [0.4, 0.5) is 11.4 Å². The number of aryl methyl sites for hydroxylation is 2. The van der Waals surface area contributed by atoms with E-state index >= 15 is 0 Å². The normalized spacial score (nSPS) is 18.5. The molecule has 6 nitrogen and oxygen atoms in total. The molecule has 1 amide bonds. The van der Waals surface area contributed by atoms with Gasteiger partial charge in [-0.25, -0.2) is 9.97 Å². The van der Waals surface area contributed by atoms with Gasteiger partial charge < -0.3 is 9.80 Å². The lowest BCUT2D eigenvalue weighted by atomic mass is 9.85. The van der Waals surface area contributed by atoms with Gasteiger partial charge in [0.15, 0.2) is 0 Å². The zero-order valence-corrected chi connectivity index (χ0v) is 22.8. The molecule has 2 aliphatic rings. The minimum Gasteiger partial charge on any atom is -0.338 e. The maximum absolute atomic E-state index is 13.3.